The molecule has 0 spiro atoms. The summed E-state index contributed by atoms with van der Waals surface area (Å²) in [4.78, 5) is 0. The zero-order valence-electron chi connectivity index (χ0n) is 4.29. The smallest absolute Gasteiger partial charge is 0.160 e. The van der Waals surface area contributed by atoms with Gasteiger partial charge in [0.05, 0.1) is 0 Å². The number of methoxy groups -OCH3 is 1. The highest BCUT2D eigenvalue weighted by molar-refractivity contribution is 7.17. The molecule has 0 saturated heterocycles. The third kappa shape index (κ3) is 2.98. The van der Waals surface area contributed by atoms with Crippen molar-refractivity contribution in [2.75, 3.05) is 7.11 Å². The molecule has 0 aliphatic carbocycles. The van der Waals surface area contributed by atoms with Crippen molar-refractivity contribution >= 4 is 9.24 Å². The maximum absolute atomic E-state index is 8.63. The van der Waals surface area contributed by atoms with Crippen LogP contribution in [0.5, 0.6) is 0 Å². The first-order valence-electron chi connectivity index (χ1n) is 1.98. The fourth-order valence-corrected chi connectivity index (χ4v) is 0.332. The molecule has 0 saturated carbocycles. The molecule has 0 aliphatic heterocycles. The molecule has 2 nitrogen and oxygen atoms in total. The van der Waals surface area contributed by atoms with Gasteiger partial charge in [-0.3, -0.25) is 0 Å². The van der Waals surface area contributed by atoms with Crippen LogP contribution in [0.25, 0.3) is 0 Å². The van der Waals surface area contributed by atoms with Crippen LogP contribution < -0.4 is 0 Å². The highest BCUT2D eigenvalue weighted by Crippen LogP contribution is 2.02. The zero-order valence-corrected chi connectivity index (χ0v) is 5.45. The minimum absolute atomic E-state index is 0.134. The van der Waals surface area contributed by atoms with Crippen molar-refractivity contribution in [1.82, 2.24) is 0 Å². The van der Waals surface area contributed by atoms with Gasteiger partial charge in [0.1, 0.15) is 0 Å². The molecule has 0 heterocycles. The molecular formula is C4H10O2P. The lowest BCUT2D eigenvalue weighted by Gasteiger charge is -2.09. The van der Waals surface area contributed by atoms with Crippen LogP contribution in [0, 0.1) is 6.92 Å². The van der Waals surface area contributed by atoms with Gasteiger partial charge in [0.25, 0.3) is 0 Å². The summed E-state index contributed by atoms with van der Waals surface area (Å²) in [5.74, 6) is 0. The maximum Gasteiger partial charge on any atom is 0.160 e. The largest absolute Gasteiger partial charge is 0.367 e. The van der Waals surface area contributed by atoms with Gasteiger partial charge in [-0.15, -0.1) is 9.24 Å². The van der Waals surface area contributed by atoms with Gasteiger partial charge in [-0.05, 0) is 6.92 Å². The van der Waals surface area contributed by atoms with Gasteiger partial charge in [-0.25, -0.2) is 0 Å². The third-order valence-corrected chi connectivity index (χ3v) is 0.937. The van der Waals surface area contributed by atoms with Crippen LogP contribution in [0.2, 0.25) is 0 Å². The molecule has 0 rings (SSSR count). The topological polar surface area (TPSA) is 29.5 Å². The van der Waals surface area contributed by atoms with Crippen molar-refractivity contribution in [3.05, 3.63) is 6.92 Å². The molecule has 0 aliphatic rings. The lowest BCUT2D eigenvalue weighted by molar-refractivity contribution is -0.0669. The molecule has 3 atom stereocenters. The highest BCUT2D eigenvalue weighted by Gasteiger charge is 2.04. The van der Waals surface area contributed by atoms with Gasteiger partial charge in [0.15, 0.2) is 6.29 Å². The second kappa shape index (κ2) is 3.36. The number of aliphatic hydroxyl groups excluding tert-OH is 1. The molecular weight excluding hydrogens is 111 g/mol. The molecule has 3 heteroatoms. The maximum atomic E-state index is 8.63. The Kier molecular flexibility index (Phi) is 3.53. The quantitative estimate of drug-likeness (QED) is 0.412. The standard InChI is InChI=1S/C4H10O2P/c1-3(7)4(5)6-2/h3-5H,1,7H2,2H3. The predicted molar refractivity (Wildman–Crippen MR) is 31.9 cm³/mol. The van der Waals surface area contributed by atoms with Gasteiger partial charge in [-0.1, -0.05) is 0 Å². The van der Waals surface area contributed by atoms with E-state index in [1.807, 2.05) is 0 Å². The Balaban J connectivity index is 3.14. The van der Waals surface area contributed by atoms with Crippen LogP contribution in [-0.2, 0) is 4.74 Å². The van der Waals surface area contributed by atoms with Crippen LogP contribution in [0.3, 0.4) is 0 Å². The Bertz CT molecular complexity index is 47.0. The Labute approximate surface area is 46.1 Å². The summed E-state index contributed by atoms with van der Waals surface area (Å²) in [6, 6.07) is 0. The van der Waals surface area contributed by atoms with E-state index in [1.165, 1.54) is 7.11 Å². The van der Waals surface area contributed by atoms with E-state index in [4.69, 9.17) is 5.11 Å². The van der Waals surface area contributed by atoms with E-state index in [-0.39, 0.29) is 5.66 Å². The minimum Gasteiger partial charge on any atom is -0.367 e. The Morgan fingerprint density at radius 2 is 2.29 bits per heavy atom. The number of ether oxygens (including phenoxy) is 1. The number of aliphatic hydroxyl groups is 1. The summed E-state index contributed by atoms with van der Waals surface area (Å²) in [5, 5.41) is 8.63. The number of hydrogen-bond acceptors (Lipinski definition) is 2. The van der Waals surface area contributed by atoms with Crippen molar-refractivity contribution in [2.24, 2.45) is 0 Å². The number of rotatable bonds is 2. The van der Waals surface area contributed by atoms with E-state index < -0.39 is 6.29 Å². The van der Waals surface area contributed by atoms with Crippen molar-refractivity contribution in [1.29, 1.82) is 0 Å². The molecule has 7 heavy (non-hydrogen) atoms. The van der Waals surface area contributed by atoms with Crippen LogP contribution in [0.4, 0.5) is 0 Å². The molecule has 3 unspecified atom stereocenters. The van der Waals surface area contributed by atoms with E-state index in [0.29, 0.717) is 0 Å². The first kappa shape index (κ1) is 7.35. The molecule has 0 fully saturated rings. The van der Waals surface area contributed by atoms with Gasteiger partial charge in [0, 0.05) is 12.8 Å². The summed E-state index contributed by atoms with van der Waals surface area (Å²) in [6.07, 6.45) is -0.745. The van der Waals surface area contributed by atoms with Crippen molar-refractivity contribution < 1.29 is 9.84 Å². The molecule has 0 aromatic rings. The Hall–Kier alpha value is 0.350. The number of hydrogen-bond donors (Lipinski definition) is 1. The zero-order chi connectivity index (χ0) is 5.86. The molecule has 1 N–H and O–H groups in total. The van der Waals surface area contributed by atoms with E-state index in [9.17, 15) is 0 Å². The van der Waals surface area contributed by atoms with Crippen LogP contribution in [-0.4, -0.2) is 24.2 Å². The van der Waals surface area contributed by atoms with Crippen molar-refractivity contribution in [3.63, 3.8) is 0 Å². The lowest BCUT2D eigenvalue weighted by Crippen LogP contribution is -2.18. The second-order valence-electron chi connectivity index (χ2n) is 1.29. The second-order valence-corrected chi connectivity index (χ2v) is 2.15. The fraction of sp³-hybridized carbons (Fsp3) is 0.750. The third-order valence-electron chi connectivity index (χ3n) is 0.608. The van der Waals surface area contributed by atoms with E-state index >= 15 is 0 Å². The molecule has 0 bridgehead atoms. The lowest BCUT2D eigenvalue weighted by atomic mass is 10.5. The SMILES string of the molecule is [CH2]C(P)C(O)OC. The van der Waals surface area contributed by atoms with E-state index in [1.54, 1.807) is 0 Å². The molecule has 43 valence electrons. The average molecular weight is 121 g/mol. The molecule has 0 amide bonds. The first-order chi connectivity index (χ1) is 3.18. The average Bonchev–Trinajstić information content (AvgIpc) is 1.65. The Morgan fingerprint density at radius 3 is 2.29 bits per heavy atom. The van der Waals surface area contributed by atoms with E-state index in [0.717, 1.165) is 0 Å². The predicted octanol–water partition coefficient (Wildman–Crippen LogP) is 0.0290. The minimum atomic E-state index is -0.745. The summed E-state index contributed by atoms with van der Waals surface area (Å²) < 4.78 is 4.48. The Morgan fingerprint density at radius 1 is 1.86 bits per heavy atom. The van der Waals surface area contributed by atoms with Gasteiger partial charge in [-0.2, -0.15) is 0 Å². The van der Waals surface area contributed by atoms with Gasteiger partial charge < -0.3 is 9.84 Å². The summed E-state index contributed by atoms with van der Waals surface area (Å²) in [6.45, 7) is 3.50. The van der Waals surface area contributed by atoms with E-state index in [2.05, 4.69) is 20.9 Å². The van der Waals surface area contributed by atoms with Gasteiger partial charge >= 0.3 is 0 Å². The van der Waals surface area contributed by atoms with Crippen LogP contribution in [0.15, 0.2) is 0 Å². The van der Waals surface area contributed by atoms with Gasteiger partial charge in [0.2, 0.25) is 0 Å². The molecule has 1 radical (unpaired) electrons. The summed E-state index contributed by atoms with van der Waals surface area (Å²) in [5.41, 5.74) is -0.134. The first-order valence-corrected chi connectivity index (χ1v) is 2.64. The van der Waals surface area contributed by atoms with Crippen LogP contribution >= 0.6 is 9.24 Å². The normalized spacial score (nSPS) is 18.9. The summed E-state index contributed by atoms with van der Waals surface area (Å²) >= 11 is 0. The van der Waals surface area contributed by atoms with Crippen molar-refractivity contribution in [2.45, 2.75) is 11.9 Å². The van der Waals surface area contributed by atoms with Crippen molar-refractivity contribution in [3.8, 4) is 0 Å². The molecule has 0 aromatic heterocycles. The molecule has 0 aromatic carbocycles. The fourth-order valence-electron chi connectivity index (χ4n) is 0.175. The highest BCUT2D eigenvalue weighted by atomic mass is 31.0. The summed E-state index contributed by atoms with van der Waals surface area (Å²) in [7, 11) is 3.77. The van der Waals surface area contributed by atoms with Crippen LogP contribution in [0.1, 0.15) is 0 Å². The monoisotopic (exact) mass is 121 g/mol.